The van der Waals surface area contributed by atoms with Gasteiger partial charge in [0.25, 0.3) is 0 Å². The van der Waals surface area contributed by atoms with Gasteiger partial charge in [-0.2, -0.15) is 0 Å². The molecule has 0 aromatic carbocycles. The van der Waals surface area contributed by atoms with Crippen LogP contribution < -0.4 is 11.5 Å². The zero-order valence-corrected chi connectivity index (χ0v) is 5.91. The van der Waals surface area contributed by atoms with Crippen molar-refractivity contribution in [3.8, 4) is 0 Å². The molecule has 2 unspecified atom stereocenters. The summed E-state index contributed by atoms with van der Waals surface area (Å²) in [7, 11) is 0. The second-order valence-electron chi connectivity index (χ2n) is 2.81. The average molecular weight is 140 g/mol. The maximum atomic E-state index is 9.27. The first-order chi connectivity index (χ1) is 4.52. The van der Waals surface area contributed by atoms with Gasteiger partial charge in [-0.15, -0.1) is 0 Å². The number of aliphatic hydroxyl groups excluding tert-OH is 1. The molecule has 0 heterocycles. The van der Waals surface area contributed by atoms with E-state index in [0.717, 1.165) is 0 Å². The lowest BCUT2D eigenvalue weighted by molar-refractivity contribution is 0.161. The second-order valence-corrected chi connectivity index (χ2v) is 2.81. The third kappa shape index (κ3) is 1.20. The normalized spacial score (nSPS) is 39.5. The van der Waals surface area contributed by atoms with E-state index < -0.39 is 11.6 Å². The van der Waals surface area contributed by atoms with Gasteiger partial charge >= 0.3 is 0 Å². The second kappa shape index (κ2) is 2.11. The molecule has 0 aromatic heterocycles. The Bertz CT molecular complexity index is 194. The summed E-state index contributed by atoms with van der Waals surface area (Å²) in [5.74, 6) is 0. The number of rotatable bonds is 0. The van der Waals surface area contributed by atoms with Crippen LogP contribution in [-0.2, 0) is 0 Å². The molecule has 0 aliphatic heterocycles. The molecule has 0 radical (unpaired) electrons. The first-order valence-corrected chi connectivity index (χ1v) is 3.16. The van der Waals surface area contributed by atoms with Crippen molar-refractivity contribution >= 4 is 0 Å². The Balaban J connectivity index is 2.84. The molecule has 0 bridgehead atoms. The summed E-state index contributed by atoms with van der Waals surface area (Å²) in [5.41, 5.74) is 11.0. The SMILES string of the molecule is CC1(N)C=CC(N)=CC1O. The van der Waals surface area contributed by atoms with Crippen LogP contribution in [0.25, 0.3) is 0 Å². The number of hydrogen-bond donors (Lipinski definition) is 3. The van der Waals surface area contributed by atoms with Crippen molar-refractivity contribution in [3.63, 3.8) is 0 Å². The Hall–Kier alpha value is -0.800. The highest BCUT2D eigenvalue weighted by Gasteiger charge is 2.25. The summed E-state index contributed by atoms with van der Waals surface area (Å²) in [6, 6.07) is 0. The Morgan fingerprint density at radius 1 is 1.70 bits per heavy atom. The fourth-order valence-corrected chi connectivity index (χ4v) is 0.792. The van der Waals surface area contributed by atoms with Crippen molar-refractivity contribution in [2.75, 3.05) is 0 Å². The van der Waals surface area contributed by atoms with Crippen molar-refractivity contribution in [1.29, 1.82) is 0 Å². The van der Waals surface area contributed by atoms with Gasteiger partial charge in [-0.1, -0.05) is 6.08 Å². The summed E-state index contributed by atoms with van der Waals surface area (Å²) < 4.78 is 0. The van der Waals surface area contributed by atoms with E-state index in [4.69, 9.17) is 11.5 Å². The molecule has 1 aliphatic carbocycles. The number of aliphatic hydroxyl groups is 1. The van der Waals surface area contributed by atoms with E-state index in [1.165, 1.54) is 0 Å². The van der Waals surface area contributed by atoms with Crippen LogP contribution in [0, 0.1) is 0 Å². The molecule has 0 fully saturated rings. The monoisotopic (exact) mass is 140 g/mol. The van der Waals surface area contributed by atoms with Crippen molar-refractivity contribution in [1.82, 2.24) is 0 Å². The van der Waals surface area contributed by atoms with Crippen LogP contribution in [-0.4, -0.2) is 16.7 Å². The zero-order chi connectivity index (χ0) is 7.78. The Kier molecular flexibility index (Phi) is 1.54. The summed E-state index contributed by atoms with van der Waals surface area (Å²) in [6.45, 7) is 1.75. The highest BCUT2D eigenvalue weighted by Crippen LogP contribution is 2.15. The molecule has 5 N–H and O–H groups in total. The minimum absolute atomic E-state index is 0.565. The van der Waals surface area contributed by atoms with Gasteiger partial charge in [0, 0.05) is 5.70 Å². The highest BCUT2D eigenvalue weighted by atomic mass is 16.3. The molecule has 1 aliphatic rings. The van der Waals surface area contributed by atoms with Gasteiger partial charge in [0.05, 0.1) is 11.6 Å². The average Bonchev–Trinajstić information content (AvgIpc) is 1.81. The van der Waals surface area contributed by atoms with E-state index in [-0.39, 0.29) is 0 Å². The van der Waals surface area contributed by atoms with Gasteiger partial charge in [-0.25, -0.2) is 0 Å². The molecule has 0 saturated carbocycles. The molecule has 0 saturated heterocycles. The highest BCUT2D eigenvalue weighted by molar-refractivity contribution is 5.29. The van der Waals surface area contributed by atoms with Gasteiger partial charge in [0.2, 0.25) is 0 Å². The molecular weight excluding hydrogens is 128 g/mol. The van der Waals surface area contributed by atoms with Crippen LogP contribution >= 0.6 is 0 Å². The molecule has 0 aromatic rings. The number of nitrogens with two attached hydrogens (primary N) is 2. The fourth-order valence-electron chi connectivity index (χ4n) is 0.792. The fraction of sp³-hybridized carbons (Fsp3) is 0.429. The van der Waals surface area contributed by atoms with Crippen molar-refractivity contribution in [2.45, 2.75) is 18.6 Å². The molecular formula is C7H12N2O. The van der Waals surface area contributed by atoms with E-state index in [9.17, 15) is 5.11 Å². The summed E-state index contributed by atoms with van der Waals surface area (Å²) >= 11 is 0. The first-order valence-electron chi connectivity index (χ1n) is 3.16. The van der Waals surface area contributed by atoms with Gasteiger partial charge in [0.15, 0.2) is 0 Å². The zero-order valence-electron chi connectivity index (χ0n) is 5.91. The van der Waals surface area contributed by atoms with Crippen LogP contribution in [0.1, 0.15) is 6.92 Å². The lowest BCUT2D eigenvalue weighted by Crippen LogP contribution is -2.46. The van der Waals surface area contributed by atoms with Crippen LogP contribution in [0.4, 0.5) is 0 Å². The molecule has 0 spiro atoms. The van der Waals surface area contributed by atoms with Crippen LogP contribution in [0.3, 0.4) is 0 Å². The molecule has 56 valence electrons. The van der Waals surface area contributed by atoms with Crippen molar-refractivity contribution in [2.24, 2.45) is 11.5 Å². The lowest BCUT2D eigenvalue weighted by atomic mass is 9.91. The number of hydrogen-bond acceptors (Lipinski definition) is 3. The largest absolute Gasteiger partial charge is 0.399 e. The maximum Gasteiger partial charge on any atom is 0.0956 e. The number of allylic oxidation sites excluding steroid dienone is 1. The topological polar surface area (TPSA) is 72.3 Å². The minimum Gasteiger partial charge on any atom is -0.399 e. The van der Waals surface area contributed by atoms with Gasteiger partial charge in [-0.05, 0) is 19.1 Å². The predicted octanol–water partition coefficient (Wildman–Crippen LogP) is -0.523. The minimum atomic E-state index is -0.669. The smallest absolute Gasteiger partial charge is 0.0956 e. The molecule has 3 nitrogen and oxygen atoms in total. The van der Waals surface area contributed by atoms with Gasteiger partial charge in [0.1, 0.15) is 0 Å². The molecule has 10 heavy (non-hydrogen) atoms. The molecule has 1 rings (SSSR count). The third-order valence-corrected chi connectivity index (χ3v) is 1.62. The summed E-state index contributed by atoms with van der Waals surface area (Å²) in [5, 5.41) is 9.27. The van der Waals surface area contributed by atoms with Gasteiger partial charge < -0.3 is 16.6 Å². The van der Waals surface area contributed by atoms with E-state index in [1.54, 1.807) is 25.2 Å². The standard InChI is InChI=1S/C7H12N2O/c1-7(9)3-2-5(8)4-6(7)10/h2-4,6,10H,8-9H2,1H3. The van der Waals surface area contributed by atoms with Crippen molar-refractivity contribution < 1.29 is 5.11 Å². The van der Waals surface area contributed by atoms with E-state index in [1.807, 2.05) is 0 Å². The van der Waals surface area contributed by atoms with Gasteiger partial charge in [-0.3, -0.25) is 0 Å². The predicted molar refractivity (Wildman–Crippen MR) is 40.0 cm³/mol. The van der Waals surface area contributed by atoms with E-state index in [2.05, 4.69) is 0 Å². The molecule has 0 amide bonds. The van der Waals surface area contributed by atoms with Crippen LogP contribution in [0.2, 0.25) is 0 Å². The van der Waals surface area contributed by atoms with Crippen LogP contribution in [0.15, 0.2) is 23.9 Å². The quantitative estimate of drug-likeness (QED) is 0.424. The van der Waals surface area contributed by atoms with Crippen molar-refractivity contribution in [3.05, 3.63) is 23.9 Å². The Labute approximate surface area is 60.0 Å². The Morgan fingerprint density at radius 2 is 2.30 bits per heavy atom. The first kappa shape index (κ1) is 7.31. The lowest BCUT2D eigenvalue weighted by Gasteiger charge is -2.27. The Morgan fingerprint density at radius 3 is 2.70 bits per heavy atom. The van der Waals surface area contributed by atoms with Crippen LogP contribution in [0.5, 0.6) is 0 Å². The molecule has 2 atom stereocenters. The van der Waals surface area contributed by atoms with E-state index in [0.29, 0.717) is 5.70 Å². The summed E-state index contributed by atoms with van der Waals surface area (Å²) in [4.78, 5) is 0. The third-order valence-electron chi connectivity index (χ3n) is 1.62. The molecule has 3 heteroatoms. The summed E-state index contributed by atoms with van der Waals surface area (Å²) in [6.07, 6.45) is 4.28. The maximum absolute atomic E-state index is 9.27. The van der Waals surface area contributed by atoms with E-state index >= 15 is 0 Å².